The number of nitrogens with zero attached hydrogens (tertiary/aromatic N) is 1. The van der Waals surface area contributed by atoms with E-state index in [0.717, 1.165) is 24.0 Å². The number of rotatable bonds is 5. The quantitative estimate of drug-likeness (QED) is 0.287. The number of carbonyl (C=O) groups is 2. The first-order valence-corrected chi connectivity index (χ1v) is 12.1. The molecule has 0 spiro atoms. The summed E-state index contributed by atoms with van der Waals surface area (Å²) >= 11 is 13.7. The molecule has 174 valence electrons. The molecule has 0 saturated heterocycles. The Balaban J connectivity index is 2.29. The van der Waals surface area contributed by atoms with E-state index in [2.05, 4.69) is 12.8 Å². The molecule has 3 atom stereocenters. The van der Waals surface area contributed by atoms with Crippen LogP contribution in [0, 0.1) is 23.7 Å². The molecule has 1 aliphatic carbocycles. The minimum absolute atomic E-state index is 0.0709. The predicted molar refractivity (Wildman–Crippen MR) is 129 cm³/mol. The van der Waals surface area contributed by atoms with Crippen molar-refractivity contribution < 1.29 is 14.3 Å². The molecule has 1 saturated carbocycles. The van der Waals surface area contributed by atoms with Crippen LogP contribution in [0.3, 0.4) is 0 Å². The first-order chi connectivity index (χ1) is 15.0. The molecule has 1 aromatic rings. The molecule has 0 unspecified atom stereocenters. The summed E-state index contributed by atoms with van der Waals surface area (Å²) in [6.45, 7) is 9.13. The lowest BCUT2D eigenvalue weighted by atomic mass is 9.53. The fourth-order valence-electron chi connectivity index (χ4n) is 5.93. The molecule has 4 nitrogen and oxygen atoms in total. The zero-order chi connectivity index (χ0) is 23.8. The average Bonchev–Trinajstić information content (AvgIpc) is 2.82. The molecule has 1 aromatic carbocycles. The minimum Gasteiger partial charge on any atom is -0.469 e. The molecular weight excluding hydrogens is 445 g/mol. The van der Waals surface area contributed by atoms with Crippen LogP contribution in [-0.2, 0) is 14.9 Å². The van der Waals surface area contributed by atoms with Gasteiger partial charge in [-0.05, 0) is 54.7 Å². The number of halogens is 2. The number of ether oxygens (including phenoxy) is 1. The highest BCUT2D eigenvalue weighted by molar-refractivity contribution is 6.38. The number of benzene rings is 1. The maximum absolute atomic E-state index is 13.9. The minimum atomic E-state index is -0.719. The highest BCUT2D eigenvalue weighted by atomic mass is 35.5. The van der Waals surface area contributed by atoms with E-state index in [9.17, 15) is 9.59 Å². The normalized spacial score (nSPS) is 27.4. The number of hydrogen-bond acceptors (Lipinski definition) is 3. The van der Waals surface area contributed by atoms with Crippen molar-refractivity contribution in [2.75, 3.05) is 20.2 Å². The summed E-state index contributed by atoms with van der Waals surface area (Å²) in [7, 11) is 1.43. The molecule has 1 heterocycles. The van der Waals surface area contributed by atoms with E-state index in [1.165, 1.54) is 7.11 Å². The zero-order valence-electron chi connectivity index (χ0n) is 19.7. The summed E-state index contributed by atoms with van der Waals surface area (Å²) < 4.78 is 5.25. The van der Waals surface area contributed by atoms with Crippen LogP contribution in [-0.4, -0.2) is 37.0 Å². The predicted octanol–water partition coefficient (Wildman–Crippen LogP) is 6.22. The standard InChI is InChI=1S/C26H33Cl2NO3/c1-7-8-9-13-29-15-19-25(4,11-10-12-26(19,5)24(31)32-6)17-14-18(27)20(16(2)3)22(28)21(17)23(29)30/h1,14,16,19H,8-13,15H2,2-6H3/t19-,25-,26-/m1/s1. The van der Waals surface area contributed by atoms with Gasteiger partial charge in [0.1, 0.15) is 0 Å². The van der Waals surface area contributed by atoms with Gasteiger partial charge < -0.3 is 9.64 Å². The molecule has 1 fully saturated rings. The topological polar surface area (TPSA) is 46.6 Å². The second-order valence-electron chi connectivity index (χ2n) is 9.95. The number of unbranched alkanes of at least 4 members (excludes halogenated alkanes) is 1. The van der Waals surface area contributed by atoms with E-state index in [-0.39, 0.29) is 23.7 Å². The summed E-state index contributed by atoms with van der Waals surface area (Å²) in [5.41, 5.74) is 0.998. The number of hydrogen-bond donors (Lipinski definition) is 0. The van der Waals surface area contributed by atoms with Gasteiger partial charge in [-0.15, -0.1) is 12.3 Å². The van der Waals surface area contributed by atoms with Crippen molar-refractivity contribution in [1.29, 1.82) is 0 Å². The molecule has 0 N–H and O–H groups in total. The number of esters is 1. The fraction of sp³-hybridized carbons (Fsp3) is 0.615. The van der Waals surface area contributed by atoms with Crippen molar-refractivity contribution >= 4 is 35.1 Å². The number of carbonyl (C=O) groups excluding carboxylic acids is 2. The molecule has 3 rings (SSSR count). The molecule has 1 aliphatic heterocycles. The average molecular weight is 478 g/mol. The number of fused-ring (bicyclic) bond motifs is 3. The van der Waals surface area contributed by atoms with Crippen molar-refractivity contribution in [2.24, 2.45) is 11.3 Å². The van der Waals surface area contributed by atoms with Crippen molar-refractivity contribution in [2.45, 2.75) is 71.1 Å². The lowest BCUT2D eigenvalue weighted by Crippen LogP contribution is -2.54. The SMILES string of the molecule is C#CCCCN1C[C@H]2[C@](C)(C(=O)OC)CCC[C@]2(C)c2cc(Cl)c(C(C)C)c(Cl)c2C1=O. The van der Waals surface area contributed by atoms with Gasteiger partial charge in [0.2, 0.25) is 0 Å². The molecule has 2 aliphatic rings. The monoisotopic (exact) mass is 477 g/mol. The van der Waals surface area contributed by atoms with Crippen molar-refractivity contribution in [1.82, 2.24) is 4.90 Å². The third-order valence-electron chi connectivity index (χ3n) is 7.68. The van der Waals surface area contributed by atoms with Gasteiger partial charge in [0.25, 0.3) is 5.91 Å². The van der Waals surface area contributed by atoms with Gasteiger partial charge in [-0.3, -0.25) is 9.59 Å². The van der Waals surface area contributed by atoms with Gasteiger partial charge in [-0.2, -0.15) is 0 Å². The van der Waals surface area contributed by atoms with E-state index in [4.69, 9.17) is 34.4 Å². The molecule has 0 radical (unpaired) electrons. The Morgan fingerprint density at radius 1 is 1.34 bits per heavy atom. The molecule has 0 aromatic heterocycles. The smallest absolute Gasteiger partial charge is 0.311 e. The molecule has 6 heteroatoms. The first kappa shape index (κ1) is 24.9. The van der Waals surface area contributed by atoms with Gasteiger partial charge in [-0.25, -0.2) is 0 Å². The summed E-state index contributed by atoms with van der Waals surface area (Å²) in [6, 6.07) is 1.93. The lowest BCUT2D eigenvalue weighted by Gasteiger charge is -2.51. The summed E-state index contributed by atoms with van der Waals surface area (Å²) in [5.74, 6) is 2.25. The van der Waals surface area contributed by atoms with E-state index < -0.39 is 10.8 Å². The van der Waals surface area contributed by atoms with E-state index in [1.54, 1.807) is 0 Å². The maximum Gasteiger partial charge on any atom is 0.311 e. The first-order valence-electron chi connectivity index (χ1n) is 11.4. The second-order valence-corrected chi connectivity index (χ2v) is 10.7. The Morgan fingerprint density at radius 3 is 2.62 bits per heavy atom. The largest absolute Gasteiger partial charge is 0.469 e. The lowest BCUT2D eigenvalue weighted by molar-refractivity contribution is -0.161. The Hall–Kier alpha value is -1.70. The third-order valence-corrected chi connectivity index (χ3v) is 8.39. The maximum atomic E-state index is 13.9. The van der Waals surface area contributed by atoms with Crippen molar-refractivity contribution in [3.8, 4) is 12.3 Å². The van der Waals surface area contributed by atoms with Gasteiger partial charge in [0.15, 0.2) is 0 Å². The van der Waals surface area contributed by atoms with Crippen LogP contribution >= 0.6 is 23.2 Å². The van der Waals surface area contributed by atoms with Gasteiger partial charge >= 0.3 is 5.97 Å². The number of terminal acetylenes is 1. The number of methoxy groups -OCH3 is 1. The van der Waals surface area contributed by atoms with Crippen LogP contribution in [0.4, 0.5) is 0 Å². The second kappa shape index (κ2) is 9.27. The Kier molecular flexibility index (Phi) is 7.23. The summed E-state index contributed by atoms with van der Waals surface area (Å²) in [4.78, 5) is 28.8. The molecule has 32 heavy (non-hydrogen) atoms. The van der Waals surface area contributed by atoms with E-state index in [1.807, 2.05) is 31.7 Å². The Morgan fingerprint density at radius 2 is 2.03 bits per heavy atom. The van der Waals surface area contributed by atoms with Crippen LogP contribution < -0.4 is 0 Å². The molecule has 0 bridgehead atoms. The summed E-state index contributed by atoms with van der Waals surface area (Å²) in [6.07, 6.45) is 9.14. The van der Waals surface area contributed by atoms with Crippen LogP contribution in [0.1, 0.15) is 87.2 Å². The van der Waals surface area contributed by atoms with Gasteiger partial charge in [0.05, 0.1) is 23.1 Å². The van der Waals surface area contributed by atoms with Crippen LogP contribution in [0.25, 0.3) is 0 Å². The number of amides is 1. The van der Waals surface area contributed by atoms with Crippen molar-refractivity contribution in [3.05, 3.63) is 32.8 Å². The van der Waals surface area contributed by atoms with Crippen LogP contribution in [0.15, 0.2) is 6.07 Å². The summed E-state index contributed by atoms with van der Waals surface area (Å²) in [5, 5.41) is 1.00. The zero-order valence-corrected chi connectivity index (χ0v) is 21.2. The van der Waals surface area contributed by atoms with E-state index in [0.29, 0.717) is 48.0 Å². The van der Waals surface area contributed by atoms with Crippen LogP contribution in [0.2, 0.25) is 10.0 Å². The Labute approximate surface area is 202 Å². The van der Waals surface area contributed by atoms with Gasteiger partial charge in [0, 0.05) is 30.5 Å². The van der Waals surface area contributed by atoms with Crippen LogP contribution in [0.5, 0.6) is 0 Å². The highest BCUT2D eigenvalue weighted by Crippen LogP contribution is 2.57. The third kappa shape index (κ3) is 3.93. The fourth-order valence-corrected chi connectivity index (χ4v) is 6.90. The molecular formula is C26H33Cl2NO3. The van der Waals surface area contributed by atoms with Crippen molar-refractivity contribution in [3.63, 3.8) is 0 Å². The van der Waals surface area contributed by atoms with E-state index >= 15 is 0 Å². The van der Waals surface area contributed by atoms with Gasteiger partial charge in [-0.1, -0.05) is 50.4 Å². The Bertz CT molecular complexity index is 967. The molecule has 1 amide bonds. The highest BCUT2D eigenvalue weighted by Gasteiger charge is 2.57.